The largest absolute Gasteiger partial charge is 0.511 e. The Labute approximate surface area is 262 Å². The number of nitrogens with two attached hydrogens (primary N) is 1. The molecule has 0 bridgehead atoms. The minimum atomic E-state index is -5.47. The first kappa shape index (κ1) is 33.7. The maximum Gasteiger partial charge on any atom is 0.511 e. The van der Waals surface area contributed by atoms with Crippen LogP contribution in [0.25, 0.3) is 33.1 Å². The highest BCUT2D eigenvalue weighted by atomic mass is 32.2. The Morgan fingerprint density at radius 2 is 1.74 bits per heavy atom. The van der Waals surface area contributed by atoms with Crippen molar-refractivity contribution in [2.24, 2.45) is 5.73 Å². The fraction of sp³-hybridized carbons (Fsp3) is 0.414. The standard InChI is InChI=1S/C29H33F5N6O4SSi/c1-46(2,3)14-13-44-16-40-26-19-8-7-17(27(35)41)15-20(19)24(23-21(30)5-4-6-22(23)31)37-25(26)28(38-40)36-18-9-11-39(12-10-18)45(42,43)29(32,33)34/h4-8,15,18H,9-14,16H2,1-3H3,(H2,35,41)(H,36,38). The number of piperidine rings is 1. The fourth-order valence-corrected chi connectivity index (χ4v) is 7.05. The first-order chi connectivity index (χ1) is 21.5. The number of alkyl halides is 3. The molecule has 1 aliphatic rings. The molecule has 3 heterocycles. The summed E-state index contributed by atoms with van der Waals surface area (Å²) in [6, 6.07) is 8.18. The highest BCUT2D eigenvalue weighted by Gasteiger charge is 2.50. The Balaban J connectivity index is 1.62. The van der Waals surface area contributed by atoms with Crippen molar-refractivity contribution < 1.29 is 39.9 Å². The molecule has 0 radical (unpaired) electrons. The van der Waals surface area contributed by atoms with Crippen molar-refractivity contribution in [2.45, 2.75) is 56.8 Å². The smallest absolute Gasteiger partial charge is 0.366 e. The fourth-order valence-electron chi connectivity index (χ4n) is 5.31. The van der Waals surface area contributed by atoms with Gasteiger partial charge in [-0.2, -0.15) is 22.6 Å². The summed E-state index contributed by atoms with van der Waals surface area (Å²) in [7, 11) is -6.90. The molecule has 0 atom stereocenters. The molecule has 1 aliphatic heterocycles. The molecule has 0 unspecified atom stereocenters. The lowest BCUT2D eigenvalue weighted by molar-refractivity contribution is -0.0494. The van der Waals surface area contributed by atoms with Crippen LogP contribution < -0.4 is 11.1 Å². The third-order valence-corrected chi connectivity index (χ3v) is 11.1. The van der Waals surface area contributed by atoms with Gasteiger partial charge in [0.05, 0.1) is 16.8 Å². The Bertz CT molecular complexity index is 1880. The minimum absolute atomic E-state index is 0.0211. The molecule has 17 heteroatoms. The van der Waals surface area contributed by atoms with Crippen molar-refractivity contribution in [3.05, 3.63) is 53.6 Å². The number of ether oxygens (including phenoxy) is 1. The number of carbonyl (C=O) groups excluding carboxylic acids is 1. The van der Waals surface area contributed by atoms with E-state index in [9.17, 15) is 26.4 Å². The monoisotopic (exact) mass is 684 g/mol. The molecule has 3 N–H and O–H groups in total. The number of benzene rings is 2. The lowest BCUT2D eigenvalue weighted by Crippen LogP contribution is -2.47. The average molecular weight is 685 g/mol. The Kier molecular flexibility index (Phi) is 9.15. The molecule has 0 saturated carbocycles. The van der Waals surface area contributed by atoms with E-state index in [1.165, 1.54) is 22.9 Å². The van der Waals surface area contributed by atoms with Gasteiger partial charge in [0.2, 0.25) is 5.91 Å². The number of hydrogen-bond acceptors (Lipinski definition) is 7. The molecular formula is C29H33F5N6O4SSi. The maximum absolute atomic E-state index is 15.2. The summed E-state index contributed by atoms with van der Waals surface area (Å²) in [5.41, 5.74) is 0.257. The number of carbonyl (C=O) groups is 1. The second-order valence-electron chi connectivity index (χ2n) is 12.3. The van der Waals surface area contributed by atoms with Crippen LogP contribution in [-0.2, 0) is 21.5 Å². The number of nitrogens with one attached hydrogen (secondary N) is 1. The van der Waals surface area contributed by atoms with Crippen LogP contribution in [0.1, 0.15) is 23.2 Å². The number of amides is 1. The van der Waals surface area contributed by atoms with Crippen LogP contribution in [0.3, 0.4) is 0 Å². The minimum Gasteiger partial charge on any atom is -0.366 e. The van der Waals surface area contributed by atoms with Crippen LogP contribution in [0, 0.1) is 11.6 Å². The molecule has 5 rings (SSSR count). The lowest BCUT2D eigenvalue weighted by atomic mass is 9.99. The van der Waals surface area contributed by atoms with Gasteiger partial charge in [0, 0.05) is 50.1 Å². The van der Waals surface area contributed by atoms with Gasteiger partial charge >= 0.3 is 15.5 Å². The lowest BCUT2D eigenvalue weighted by Gasteiger charge is -2.31. The van der Waals surface area contributed by atoms with Crippen LogP contribution in [0.2, 0.25) is 25.7 Å². The van der Waals surface area contributed by atoms with Gasteiger partial charge in [-0.05, 0) is 43.2 Å². The Morgan fingerprint density at radius 1 is 1.09 bits per heavy atom. The van der Waals surface area contributed by atoms with Gasteiger partial charge in [-0.1, -0.05) is 31.8 Å². The van der Waals surface area contributed by atoms with Crippen molar-refractivity contribution in [2.75, 3.05) is 25.0 Å². The van der Waals surface area contributed by atoms with Crippen molar-refractivity contribution in [3.63, 3.8) is 0 Å². The van der Waals surface area contributed by atoms with Crippen molar-refractivity contribution >= 4 is 51.6 Å². The molecule has 46 heavy (non-hydrogen) atoms. The number of fused-ring (bicyclic) bond motifs is 3. The summed E-state index contributed by atoms with van der Waals surface area (Å²) in [6.45, 7) is 6.26. The molecule has 1 saturated heterocycles. The summed E-state index contributed by atoms with van der Waals surface area (Å²) in [4.78, 5) is 16.7. The van der Waals surface area contributed by atoms with Gasteiger partial charge in [0.1, 0.15) is 23.9 Å². The van der Waals surface area contributed by atoms with E-state index in [2.05, 4.69) is 35.0 Å². The predicted octanol–water partition coefficient (Wildman–Crippen LogP) is 5.67. The van der Waals surface area contributed by atoms with E-state index in [1.54, 1.807) is 6.07 Å². The van der Waals surface area contributed by atoms with E-state index in [4.69, 9.17) is 10.5 Å². The first-order valence-corrected chi connectivity index (χ1v) is 19.6. The third kappa shape index (κ3) is 6.72. The second kappa shape index (κ2) is 12.5. The van der Waals surface area contributed by atoms with Crippen LogP contribution in [-0.4, -0.2) is 72.7 Å². The van der Waals surface area contributed by atoms with E-state index in [0.717, 1.165) is 18.2 Å². The van der Waals surface area contributed by atoms with E-state index >= 15 is 8.78 Å². The molecule has 0 spiro atoms. The zero-order valence-electron chi connectivity index (χ0n) is 25.3. The van der Waals surface area contributed by atoms with E-state index in [1.807, 2.05) is 0 Å². The summed E-state index contributed by atoms with van der Waals surface area (Å²) >= 11 is 0. The SMILES string of the molecule is C[Si](C)(C)CCOCn1nc(NC2CCN(S(=O)(=O)C(F)(F)F)CC2)c2nc(-c3c(F)cccc3F)c3cc(C(N)=O)ccc3c21. The van der Waals surface area contributed by atoms with Gasteiger partial charge in [-0.15, -0.1) is 0 Å². The second-order valence-corrected chi connectivity index (χ2v) is 19.9. The predicted molar refractivity (Wildman–Crippen MR) is 166 cm³/mol. The summed E-state index contributed by atoms with van der Waals surface area (Å²) < 4.78 is 101. The zero-order valence-corrected chi connectivity index (χ0v) is 27.1. The Morgan fingerprint density at radius 3 is 2.33 bits per heavy atom. The quantitative estimate of drug-likeness (QED) is 0.125. The summed E-state index contributed by atoms with van der Waals surface area (Å²) in [5.74, 6) is -2.38. The van der Waals surface area contributed by atoms with Crippen molar-refractivity contribution in [3.8, 4) is 11.3 Å². The molecule has 248 valence electrons. The number of anilines is 1. The van der Waals surface area contributed by atoms with Gasteiger partial charge in [-0.25, -0.2) is 26.9 Å². The third-order valence-electron chi connectivity index (χ3n) is 7.80. The highest BCUT2D eigenvalue weighted by molar-refractivity contribution is 7.90. The van der Waals surface area contributed by atoms with Crippen molar-refractivity contribution in [1.29, 1.82) is 0 Å². The molecule has 4 aromatic rings. The molecule has 2 aromatic heterocycles. The van der Waals surface area contributed by atoms with Gasteiger partial charge < -0.3 is 15.8 Å². The van der Waals surface area contributed by atoms with E-state index in [-0.39, 0.29) is 60.6 Å². The van der Waals surface area contributed by atoms with Crippen molar-refractivity contribution in [1.82, 2.24) is 19.1 Å². The molecule has 10 nitrogen and oxygen atoms in total. The number of rotatable bonds is 10. The number of sulfonamides is 1. The van der Waals surface area contributed by atoms with Crippen LogP contribution in [0.4, 0.5) is 27.8 Å². The molecule has 1 fully saturated rings. The topological polar surface area (TPSA) is 132 Å². The zero-order chi connectivity index (χ0) is 33.6. The van der Waals surface area contributed by atoms with Gasteiger partial charge in [0.25, 0.3) is 0 Å². The normalized spacial score (nSPS) is 15.6. The Hall–Kier alpha value is -3.67. The first-order valence-electron chi connectivity index (χ1n) is 14.5. The number of aromatic nitrogens is 3. The maximum atomic E-state index is 15.2. The summed E-state index contributed by atoms with van der Waals surface area (Å²) in [5, 5.41) is 8.48. The molecule has 0 aliphatic carbocycles. The number of hydrogen-bond donors (Lipinski definition) is 2. The molecule has 2 aromatic carbocycles. The number of nitrogens with zero attached hydrogens (tertiary/aromatic N) is 4. The highest BCUT2D eigenvalue weighted by Crippen LogP contribution is 2.38. The number of primary amides is 1. The number of halogens is 5. The van der Waals surface area contributed by atoms with E-state index in [0.29, 0.717) is 21.8 Å². The van der Waals surface area contributed by atoms with Gasteiger partial charge in [-0.3, -0.25) is 4.79 Å². The van der Waals surface area contributed by atoms with Crippen LogP contribution in [0.5, 0.6) is 0 Å². The van der Waals surface area contributed by atoms with Crippen LogP contribution >= 0.6 is 0 Å². The van der Waals surface area contributed by atoms with Crippen LogP contribution in [0.15, 0.2) is 36.4 Å². The number of pyridine rings is 1. The summed E-state index contributed by atoms with van der Waals surface area (Å²) in [6.07, 6.45) is 0.0570. The van der Waals surface area contributed by atoms with Gasteiger partial charge in [0.15, 0.2) is 5.82 Å². The average Bonchev–Trinajstić information content (AvgIpc) is 3.31. The molecule has 1 amide bonds. The van der Waals surface area contributed by atoms with E-state index < -0.39 is 52.8 Å². The molecular weight excluding hydrogens is 652 g/mol.